The molecule has 0 saturated carbocycles. The van der Waals surface area contributed by atoms with Gasteiger partial charge < -0.3 is 19.3 Å². The zero-order valence-corrected chi connectivity index (χ0v) is 25.1. The smallest absolute Gasteiger partial charge is 0.119 e. The van der Waals surface area contributed by atoms with Crippen LogP contribution in [0.2, 0.25) is 0 Å². The van der Waals surface area contributed by atoms with Crippen molar-refractivity contribution in [2.24, 2.45) is 0 Å². The SMILES string of the molecule is CC(C)Oc1ccc(-c2ccc3c(c2)N(C(C)C)c2ccc(-c4ccc(OC(C)C)cc4)cc2N3C(C)C)cc1. The predicted octanol–water partition coefficient (Wildman–Crippen LogP) is 10.0. The normalized spacial score (nSPS) is 12.8. The highest BCUT2D eigenvalue weighted by atomic mass is 16.5. The lowest BCUT2D eigenvalue weighted by atomic mass is 9.96. The minimum atomic E-state index is 0.162. The fraction of sp³-hybridized carbons (Fsp3) is 0.333. The van der Waals surface area contributed by atoms with Crippen molar-refractivity contribution in [3.8, 4) is 33.8 Å². The van der Waals surface area contributed by atoms with Gasteiger partial charge in [-0.2, -0.15) is 0 Å². The van der Waals surface area contributed by atoms with Crippen LogP contribution < -0.4 is 19.3 Å². The Kier molecular flexibility index (Phi) is 7.80. The van der Waals surface area contributed by atoms with Gasteiger partial charge in [0.1, 0.15) is 11.5 Å². The molecule has 1 aliphatic heterocycles. The van der Waals surface area contributed by atoms with E-state index in [2.05, 4.69) is 150 Å². The lowest BCUT2D eigenvalue weighted by Crippen LogP contribution is -2.36. The summed E-state index contributed by atoms with van der Waals surface area (Å²) in [5.41, 5.74) is 9.71. The molecule has 0 saturated heterocycles. The van der Waals surface area contributed by atoms with Crippen LogP contribution in [0.25, 0.3) is 22.3 Å². The molecule has 4 nitrogen and oxygen atoms in total. The van der Waals surface area contributed by atoms with E-state index in [0.29, 0.717) is 12.1 Å². The fourth-order valence-corrected chi connectivity index (χ4v) is 5.57. The molecule has 0 amide bonds. The van der Waals surface area contributed by atoms with Gasteiger partial charge in [-0.1, -0.05) is 36.4 Å². The summed E-state index contributed by atoms with van der Waals surface area (Å²) in [4.78, 5) is 4.96. The molecule has 4 aromatic rings. The van der Waals surface area contributed by atoms with Crippen LogP contribution in [0, 0.1) is 0 Å². The van der Waals surface area contributed by atoms with Crippen LogP contribution in [0.15, 0.2) is 84.9 Å². The minimum Gasteiger partial charge on any atom is -0.491 e. The number of hydrogen-bond acceptors (Lipinski definition) is 4. The van der Waals surface area contributed by atoms with Crippen molar-refractivity contribution in [2.45, 2.75) is 79.7 Å². The van der Waals surface area contributed by atoms with Crippen LogP contribution >= 0.6 is 0 Å². The van der Waals surface area contributed by atoms with Gasteiger partial charge in [0.15, 0.2) is 0 Å². The van der Waals surface area contributed by atoms with Gasteiger partial charge in [0.2, 0.25) is 0 Å². The molecule has 0 radical (unpaired) electrons. The summed E-state index contributed by atoms with van der Waals surface area (Å²) in [6.07, 6.45) is 0.324. The summed E-state index contributed by atoms with van der Waals surface area (Å²) in [5, 5.41) is 0. The molecule has 0 aromatic heterocycles. The highest BCUT2D eigenvalue weighted by Gasteiger charge is 2.32. The first-order valence-electron chi connectivity index (χ1n) is 14.5. The summed E-state index contributed by atoms with van der Waals surface area (Å²) < 4.78 is 11.7. The number of benzene rings is 4. The van der Waals surface area contributed by atoms with E-state index in [1.54, 1.807) is 0 Å². The van der Waals surface area contributed by atoms with E-state index in [9.17, 15) is 0 Å². The lowest BCUT2D eigenvalue weighted by Gasteiger charge is -2.44. The van der Waals surface area contributed by atoms with Crippen LogP contribution in [0.1, 0.15) is 55.4 Å². The second kappa shape index (κ2) is 11.3. The molecule has 0 atom stereocenters. The van der Waals surface area contributed by atoms with Crippen molar-refractivity contribution in [1.82, 2.24) is 0 Å². The highest BCUT2D eigenvalue weighted by molar-refractivity contribution is 5.97. The first kappa shape index (κ1) is 27.6. The van der Waals surface area contributed by atoms with Crippen LogP contribution in [0.5, 0.6) is 11.5 Å². The van der Waals surface area contributed by atoms with Gasteiger partial charge in [-0.3, -0.25) is 0 Å². The van der Waals surface area contributed by atoms with Gasteiger partial charge in [0.25, 0.3) is 0 Å². The molecule has 5 rings (SSSR count). The number of ether oxygens (including phenoxy) is 2. The Balaban J connectivity index is 1.56. The fourth-order valence-electron chi connectivity index (χ4n) is 5.57. The summed E-state index contributed by atoms with van der Waals surface area (Å²) in [7, 11) is 0. The molecular weight excluding hydrogens is 492 g/mol. The molecule has 0 aliphatic carbocycles. The quantitative estimate of drug-likeness (QED) is 0.224. The molecular formula is C36H42N2O2. The average Bonchev–Trinajstić information content (AvgIpc) is 2.91. The standard InChI is InChI=1S/C36H42N2O2/c1-23(2)37-33-19-13-30(28-11-17-32(18-12-28)40-26(7)8)22-36(33)38(24(3)4)34-20-14-29(21-35(34)37)27-9-15-31(16-10-27)39-25(5)6/h9-26H,1-8H3. The molecule has 1 heterocycles. The second-order valence-corrected chi connectivity index (χ2v) is 11.7. The third-order valence-corrected chi connectivity index (χ3v) is 7.14. The molecule has 0 bridgehead atoms. The Morgan fingerprint density at radius 3 is 1.02 bits per heavy atom. The van der Waals surface area contributed by atoms with E-state index >= 15 is 0 Å². The van der Waals surface area contributed by atoms with Crippen molar-refractivity contribution in [3.05, 3.63) is 84.9 Å². The summed E-state index contributed by atoms with van der Waals surface area (Å²) in [6.45, 7) is 17.3. The zero-order valence-electron chi connectivity index (χ0n) is 25.1. The lowest BCUT2D eigenvalue weighted by molar-refractivity contribution is 0.242. The van der Waals surface area contributed by atoms with E-state index in [0.717, 1.165) is 11.5 Å². The monoisotopic (exact) mass is 534 g/mol. The maximum Gasteiger partial charge on any atom is 0.119 e. The van der Waals surface area contributed by atoms with Crippen molar-refractivity contribution in [3.63, 3.8) is 0 Å². The van der Waals surface area contributed by atoms with Crippen molar-refractivity contribution in [1.29, 1.82) is 0 Å². The Hall–Kier alpha value is -3.92. The molecule has 0 spiro atoms. The largest absolute Gasteiger partial charge is 0.491 e. The molecule has 4 aromatic carbocycles. The molecule has 1 aliphatic rings. The van der Waals surface area contributed by atoms with E-state index in [4.69, 9.17) is 9.47 Å². The Morgan fingerprint density at radius 2 is 0.725 bits per heavy atom. The van der Waals surface area contributed by atoms with Crippen molar-refractivity contribution >= 4 is 22.7 Å². The number of nitrogens with zero attached hydrogens (tertiary/aromatic N) is 2. The van der Waals surface area contributed by atoms with E-state index in [-0.39, 0.29) is 12.2 Å². The molecule has 0 N–H and O–H groups in total. The predicted molar refractivity (Wildman–Crippen MR) is 170 cm³/mol. The molecule has 40 heavy (non-hydrogen) atoms. The summed E-state index contributed by atoms with van der Waals surface area (Å²) in [5.74, 6) is 1.80. The number of rotatable bonds is 8. The summed E-state index contributed by atoms with van der Waals surface area (Å²) >= 11 is 0. The van der Waals surface area contributed by atoms with Crippen LogP contribution in [-0.2, 0) is 0 Å². The first-order chi connectivity index (χ1) is 19.1. The van der Waals surface area contributed by atoms with Gasteiger partial charge in [-0.05, 0) is 126 Å². The van der Waals surface area contributed by atoms with Crippen molar-refractivity contribution < 1.29 is 9.47 Å². The van der Waals surface area contributed by atoms with E-state index in [1.165, 1.54) is 45.0 Å². The molecule has 0 fully saturated rings. The number of fused-ring (bicyclic) bond motifs is 2. The van der Waals surface area contributed by atoms with Crippen LogP contribution in [0.3, 0.4) is 0 Å². The minimum absolute atomic E-state index is 0.162. The maximum absolute atomic E-state index is 5.86. The van der Waals surface area contributed by atoms with Crippen LogP contribution in [-0.4, -0.2) is 24.3 Å². The average molecular weight is 535 g/mol. The Bertz CT molecular complexity index is 1340. The van der Waals surface area contributed by atoms with E-state index in [1.807, 2.05) is 0 Å². The van der Waals surface area contributed by atoms with Gasteiger partial charge in [-0.15, -0.1) is 0 Å². The maximum atomic E-state index is 5.86. The first-order valence-corrected chi connectivity index (χ1v) is 14.5. The van der Waals surface area contributed by atoms with Crippen LogP contribution in [0.4, 0.5) is 22.7 Å². The molecule has 208 valence electrons. The van der Waals surface area contributed by atoms with E-state index < -0.39 is 0 Å². The molecule has 4 heteroatoms. The Labute approximate surface area is 240 Å². The third-order valence-electron chi connectivity index (χ3n) is 7.14. The molecule has 0 unspecified atom stereocenters. The van der Waals surface area contributed by atoms with Crippen molar-refractivity contribution in [2.75, 3.05) is 9.80 Å². The topological polar surface area (TPSA) is 24.9 Å². The number of hydrogen-bond donors (Lipinski definition) is 0. The Morgan fingerprint density at radius 1 is 0.400 bits per heavy atom. The summed E-state index contributed by atoms with van der Waals surface area (Å²) in [6, 6.07) is 31.2. The zero-order chi connectivity index (χ0) is 28.6. The van der Waals surface area contributed by atoms with Gasteiger partial charge in [-0.25, -0.2) is 0 Å². The third kappa shape index (κ3) is 5.54. The number of anilines is 4. The van der Waals surface area contributed by atoms with Gasteiger partial charge >= 0.3 is 0 Å². The highest BCUT2D eigenvalue weighted by Crippen LogP contribution is 2.51. The van der Waals surface area contributed by atoms with Gasteiger partial charge in [0.05, 0.1) is 35.0 Å². The second-order valence-electron chi connectivity index (χ2n) is 11.7. The van der Waals surface area contributed by atoms with Gasteiger partial charge in [0, 0.05) is 12.1 Å².